The lowest BCUT2D eigenvalue weighted by atomic mass is 10.3. The lowest BCUT2D eigenvalue weighted by Crippen LogP contribution is -2.26. The van der Waals surface area contributed by atoms with Crippen molar-refractivity contribution in [3.05, 3.63) is 52.5 Å². The molecule has 0 N–H and O–H groups in total. The van der Waals surface area contributed by atoms with Gasteiger partial charge in [0.1, 0.15) is 11.1 Å². The summed E-state index contributed by atoms with van der Waals surface area (Å²) in [5, 5.41) is -0.0932. The molecule has 7 nitrogen and oxygen atoms in total. The summed E-state index contributed by atoms with van der Waals surface area (Å²) < 4.78 is 30.9. The highest BCUT2D eigenvalue weighted by atomic mass is 32.1. The molecule has 0 radical (unpaired) electrons. The summed E-state index contributed by atoms with van der Waals surface area (Å²) in [4.78, 5) is 18.8. The van der Waals surface area contributed by atoms with Crippen LogP contribution in [0, 0.1) is 6.92 Å². The number of fused-ring (bicyclic) bond motifs is 3. The molecule has 0 spiro atoms. The second-order valence-corrected chi connectivity index (χ2v) is 9.01. The minimum absolute atomic E-state index is 0.0932. The lowest BCUT2D eigenvalue weighted by molar-refractivity contribution is 0.229. The van der Waals surface area contributed by atoms with Gasteiger partial charge in [0.2, 0.25) is 0 Å². The summed E-state index contributed by atoms with van der Waals surface area (Å²) >= 11 is 1.43. The highest BCUT2D eigenvalue weighted by Crippen LogP contribution is 2.46. The molecule has 0 aliphatic rings. The first-order chi connectivity index (χ1) is 13.5. The van der Waals surface area contributed by atoms with Gasteiger partial charge >= 0.3 is 13.2 Å². The first kappa shape index (κ1) is 19.1. The molecule has 3 heterocycles. The average molecular weight is 418 g/mol. The Labute approximate surface area is 165 Å². The molecule has 4 rings (SSSR count). The van der Waals surface area contributed by atoms with Crippen molar-refractivity contribution >= 4 is 40.2 Å². The van der Waals surface area contributed by atoms with Crippen molar-refractivity contribution in [1.29, 1.82) is 0 Å². The van der Waals surface area contributed by atoms with E-state index >= 15 is 0 Å². The maximum atomic E-state index is 12.9. The molecular weight excluding hydrogens is 399 g/mol. The van der Waals surface area contributed by atoms with Crippen LogP contribution in [-0.2, 0) is 13.6 Å². The zero-order valence-electron chi connectivity index (χ0n) is 15.7. The lowest BCUT2D eigenvalue weighted by Gasteiger charge is -2.15. The summed E-state index contributed by atoms with van der Waals surface area (Å²) in [6.45, 7) is 5.65. The monoisotopic (exact) mass is 418 g/mol. The van der Waals surface area contributed by atoms with E-state index < -0.39 is 13.2 Å². The quantitative estimate of drug-likeness (QED) is 0.433. The maximum Gasteiger partial charge on any atom is 0.368 e. The molecule has 0 fully saturated rings. The molecule has 0 bridgehead atoms. The van der Waals surface area contributed by atoms with Gasteiger partial charge in [-0.15, -0.1) is 0 Å². The summed E-state index contributed by atoms with van der Waals surface area (Å²) in [7, 11) is -3.70. The van der Waals surface area contributed by atoms with Gasteiger partial charge in [-0.3, -0.25) is 8.97 Å². The second kappa shape index (κ2) is 7.29. The van der Waals surface area contributed by atoms with E-state index in [1.807, 2.05) is 35.6 Å². The zero-order valence-corrected chi connectivity index (χ0v) is 17.4. The predicted molar refractivity (Wildman–Crippen MR) is 110 cm³/mol. The molecule has 4 aromatic rings. The van der Waals surface area contributed by atoms with Crippen LogP contribution in [0.1, 0.15) is 19.5 Å². The van der Waals surface area contributed by atoms with E-state index in [1.54, 1.807) is 19.9 Å². The molecule has 0 amide bonds. The van der Waals surface area contributed by atoms with Crippen LogP contribution in [0.3, 0.4) is 0 Å². The van der Waals surface area contributed by atoms with Crippen molar-refractivity contribution in [3.8, 4) is 10.6 Å². The fourth-order valence-corrected chi connectivity index (χ4v) is 5.80. The number of rotatable bonds is 6. The van der Waals surface area contributed by atoms with Gasteiger partial charge in [0.15, 0.2) is 4.96 Å². The maximum absolute atomic E-state index is 12.9. The Morgan fingerprint density at radius 3 is 2.54 bits per heavy atom. The van der Waals surface area contributed by atoms with Gasteiger partial charge in [0.05, 0.1) is 29.1 Å². The summed E-state index contributed by atoms with van der Waals surface area (Å²) in [6.07, 6.45) is 0. The third kappa shape index (κ3) is 3.02. The van der Waals surface area contributed by atoms with Gasteiger partial charge in [-0.1, -0.05) is 23.5 Å². The Hall–Kier alpha value is -2.25. The number of aromatic nitrogens is 2. The normalized spacial score (nSPS) is 12.2. The van der Waals surface area contributed by atoms with Crippen molar-refractivity contribution in [2.75, 3.05) is 13.2 Å². The molecule has 28 heavy (non-hydrogen) atoms. The van der Waals surface area contributed by atoms with Crippen molar-refractivity contribution < 1.29 is 18.0 Å². The minimum atomic E-state index is -3.70. The number of hydrogen-bond donors (Lipinski definition) is 0. The standard InChI is InChI=1S/C19H19N2O5PS/c1-4-24-27(23,25-5-2)16-11-10-15(26-18(16)22)17-12(3)21-14-9-7-6-8-13(14)20-19(21)28-17/h6-11H,4-5H2,1-3H3. The Balaban J connectivity index is 1.82. The number of aryl methyl sites for hydroxylation is 1. The van der Waals surface area contributed by atoms with Crippen molar-refractivity contribution in [2.45, 2.75) is 20.8 Å². The molecule has 0 aliphatic carbocycles. The van der Waals surface area contributed by atoms with E-state index in [-0.39, 0.29) is 18.5 Å². The fraction of sp³-hybridized carbons (Fsp3) is 0.263. The van der Waals surface area contributed by atoms with E-state index in [0.717, 1.165) is 26.6 Å². The molecule has 0 aliphatic heterocycles. The van der Waals surface area contributed by atoms with Crippen LogP contribution < -0.4 is 10.9 Å². The van der Waals surface area contributed by atoms with Crippen LogP contribution in [-0.4, -0.2) is 22.6 Å². The highest BCUT2D eigenvalue weighted by molar-refractivity contribution is 7.62. The van der Waals surface area contributed by atoms with Gasteiger partial charge in [-0.25, -0.2) is 9.78 Å². The highest BCUT2D eigenvalue weighted by Gasteiger charge is 2.31. The van der Waals surface area contributed by atoms with Gasteiger partial charge in [0, 0.05) is 5.69 Å². The zero-order chi connectivity index (χ0) is 19.9. The van der Waals surface area contributed by atoms with Crippen LogP contribution in [0.15, 0.2) is 45.6 Å². The van der Waals surface area contributed by atoms with Crippen LogP contribution in [0.5, 0.6) is 0 Å². The van der Waals surface area contributed by atoms with Crippen molar-refractivity contribution in [1.82, 2.24) is 9.38 Å². The molecule has 1 aromatic carbocycles. The van der Waals surface area contributed by atoms with Crippen LogP contribution >= 0.6 is 18.9 Å². The molecule has 0 saturated heterocycles. The van der Waals surface area contributed by atoms with Gasteiger partial charge in [0.25, 0.3) is 0 Å². The molecule has 9 heteroatoms. The van der Waals surface area contributed by atoms with E-state index in [4.69, 9.17) is 13.5 Å². The number of thiazole rings is 1. The van der Waals surface area contributed by atoms with Crippen LogP contribution in [0.2, 0.25) is 0 Å². The van der Waals surface area contributed by atoms with Crippen LogP contribution in [0.25, 0.3) is 26.6 Å². The minimum Gasteiger partial charge on any atom is -0.421 e. The Morgan fingerprint density at radius 2 is 1.86 bits per heavy atom. The Morgan fingerprint density at radius 1 is 1.14 bits per heavy atom. The molecule has 0 unspecified atom stereocenters. The van der Waals surface area contributed by atoms with Crippen molar-refractivity contribution in [2.24, 2.45) is 0 Å². The molecule has 3 aromatic heterocycles. The average Bonchev–Trinajstić information content (AvgIpc) is 3.18. The molecule has 146 valence electrons. The third-order valence-corrected chi connectivity index (χ3v) is 7.58. The summed E-state index contributed by atoms with van der Waals surface area (Å²) in [5.74, 6) is 0.394. The number of para-hydroxylation sites is 2. The fourth-order valence-electron chi connectivity index (χ4n) is 3.14. The Kier molecular flexibility index (Phi) is 4.97. The predicted octanol–water partition coefficient (Wildman–Crippen LogP) is 4.37. The summed E-state index contributed by atoms with van der Waals surface area (Å²) in [6, 6.07) is 11.0. The van der Waals surface area contributed by atoms with Gasteiger partial charge < -0.3 is 13.5 Å². The third-order valence-electron chi connectivity index (χ3n) is 4.31. The molecule has 0 saturated carbocycles. The summed E-state index contributed by atoms with van der Waals surface area (Å²) in [5.41, 5.74) is 2.10. The van der Waals surface area contributed by atoms with Gasteiger partial charge in [-0.2, -0.15) is 0 Å². The van der Waals surface area contributed by atoms with E-state index in [1.165, 1.54) is 17.4 Å². The van der Waals surface area contributed by atoms with Crippen LogP contribution in [0.4, 0.5) is 0 Å². The van der Waals surface area contributed by atoms with E-state index in [0.29, 0.717) is 5.76 Å². The first-order valence-corrected chi connectivity index (χ1v) is 11.2. The number of hydrogen-bond acceptors (Lipinski definition) is 7. The molecule has 0 atom stereocenters. The van der Waals surface area contributed by atoms with E-state index in [9.17, 15) is 9.36 Å². The van der Waals surface area contributed by atoms with E-state index in [2.05, 4.69) is 4.98 Å². The van der Waals surface area contributed by atoms with Crippen molar-refractivity contribution in [3.63, 3.8) is 0 Å². The smallest absolute Gasteiger partial charge is 0.368 e. The largest absolute Gasteiger partial charge is 0.421 e. The van der Waals surface area contributed by atoms with Gasteiger partial charge in [-0.05, 0) is 45.0 Å². The SMILES string of the molecule is CCOP(=O)(OCC)c1ccc(-c2sc3nc4ccccc4n3c2C)oc1=O. The number of benzene rings is 1. The Bertz CT molecular complexity index is 1260. The number of imidazole rings is 1. The first-order valence-electron chi connectivity index (χ1n) is 8.89. The number of nitrogens with zero attached hydrogens (tertiary/aromatic N) is 2. The second-order valence-electron chi connectivity index (χ2n) is 6.04. The molecular formula is C19H19N2O5PS. The topological polar surface area (TPSA) is 83.0 Å².